The Labute approximate surface area is 125 Å². The van der Waals surface area contributed by atoms with Crippen LogP contribution in [-0.2, 0) is 23.9 Å². The van der Waals surface area contributed by atoms with Crippen molar-refractivity contribution in [3.05, 3.63) is 0 Å². The number of ketones is 1. The second-order valence-corrected chi connectivity index (χ2v) is 6.48. The molecule has 2 aliphatic rings. The summed E-state index contributed by atoms with van der Waals surface area (Å²) in [4.78, 5) is 35.0. The first-order chi connectivity index (χ1) is 9.85. The molecule has 0 aromatic heterocycles. The van der Waals surface area contributed by atoms with Crippen LogP contribution < -0.4 is 0 Å². The maximum absolute atomic E-state index is 11.9. The summed E-state index contributed by atoms with van der Waals surface area (Å²) in [6.45, 7) is 5.79. The zero-order valence-corrected chi connectivity index (χ0v) is 13.0. The maximum atomic E-state index is 11.9. The van der Waals surface area contributed by atoms with Crippen LogP contribution in [0.15, 0.2) is 0 Å². The van der Waals surface area contributed by atoms with E-state index in [0.29, 0.717) is 19.3 Å². The van der Waals surface area contributed by atoms with Crippen LogP contribution in [0.1, 0.15) is 59.3 Å². The van der Waals surface area contributed by atoms with Crippen LogP contribution in [0.25, 0.3) is 0 Å². The van der Waals surface area contributed by atoms with Crippen molar-refractivity contribution >= 4 is 17.7 Å². The van der Waals surface area contributed by atoms with Gasteiger partial charge in [-0.15, -0.1) is 0 Å². The Kier molecular flexibility index (Phi) is 4.69. The van der Waals surface area contributed by atoms with E-state index in [1.807, 2.05) is 20.8 Å². The van der Waals surface area contributed by atoms with Crippen LogP contribution in [0.2, 0.25) is 0 Å². The van der Waals surface area contributed by atoms with Gasteiger partial charge in [0.05, 0.1) is 12.3 Å². The summed E-state index contributed by atoms with van der Waals surface area (Å²) < 4.78 is 10.9. The normalized spacial score (nSPS) is 34.4. The minimum atomic E-state index is -0.525. The molecule has 0 amide bonds. The highest BCUT2D eigenvalue weighted by atomic mass is 16.6. The summed E-state index contributed by atoms with van der Waals surface area (Å²) in [5.41, 5.74) is -0.525. The van der Waals surface area contributed by atoms with E-state index in [2.05, 4.69) is 0 Å². The van der Waals surface area contributed by atoms with Gasteiger partial charge in [0.2, 0.25) is 0 Å². The lowest BCUT2D eigenvalue weighted by molar-refractivity contribution is -0.162. The average Bonchev–Trinajstić information content (AvgIpc) is 2.66. The molecule has 0 N–H and O–H groups in total. The molecular formula is C16H24O5. The first kappa shape index (κ1) is 16.0. The summed E-state index contributed by atoms with van der Waals surface area (Å²) in [6, 6.07) is 0. The molecular weight excluding hydrogens is 272 g/mol. The molecule has 2 bridgehead atoms. The molecule has 1 heterocycles. The van der Waals surface area contributed by atoms with Gasteiger partial charge in [0, 0.05) is 25.2 Å². The van der Waals surface area contributed by atoms with Gasteiger partial charge in [0.1, 0.15) is 17.5 Å². The van der Waals surface area contributed by atoms with Crippen molar-refractivity contribution in [3.63, 3.8) is 0 Å². The van der Waals surface area contributed by atoms with E-state index in [9.17, 15) is 14.4 Å². The summed E-state index contributed by atoms with van der Waals surface area (Å²) in [7, 11) is 0. The van der Waals surface area contributed by atoms with Gasteiger partial charge in [-0.25, -0.2) is 0 Å². The third-order valence-electron chi connectivity index (χ3n) is 4.78. The Morgan fingerprint density at radius 1 is 1.33 bits per heavy atom. The molecule has 5 nitrogen and oxygen atoms in total. The number of Topliss-reactive ketones (excluding diaryl/α,β-unsaturated/α-hetero) is 1. The lowest BCUT2D eigenvalue weighted by atomic mass is 9.73. The number of rotatable bonds is 6. The second-order valence-electron chi connectivity index (χ2n) is 6.48. The highest BCUT2D eigenvalue weighted by Crippen LogP contribution is 2.47. The topological polar surface area (TPSA) is 69.7 Å². The van der Waals surface area contributed by atoms with Crippen LogP contribution in [0.4, 0.5) is 0 Å². The van der Waals surface area contributed by atoms with Crippen LogP contribution in [0.3, 0.4) is 0 Å². The van der Waals surface area contributed by atoms with Crippen molar-refractivity contribution in [2.75, 3.05) is 0 Å². The third-order valence-corrected chi connectivity index (χ3v) is 4.78. The number of carbonyl (C=O) groups is 3. The molecule has 1 aliphatic carbocycles. The molecule has 4 atom stereocenters. The number of hydrogen-bond donors (Lipinski definition) is 0. The molecule has 4 unspecified atom stereocenters. The average molecular weight is 296 g/mol. The molecule has 118 valence electrons. The van der Waals surface area contributed by atoms with Crippen molar-refractivity contribution in [2.45, 2.75) is 71.0 Å². The van der Waals surface area contributed by atoms with Crippen molar-refractivity contribution in [1.82, 2.24) is 0 Å². The minimum Gasteiger partial charge on any atom is -0.462 e. The molecule has 5 heteroatoms. The zero-order valence-electron chi connectivity index (χ0n) is 13.0. The maximum Gasteiger partial charge on any atom is 0.309 e. The summed E-state index contributed by atoms with van der Waals surface area (Å²) in [5, 5.41) is 0. The molecule has 1 aliphatic heterocycles. The van der Waals surface area contributed by atoms with E-state index in [-0.39, 0.29) is 48.5 Å². The molecule has 21 heavy (non-hydrogen) atoms. The van der Waals surface area contributed by atoms with Crippen molar-refractivity contribution in [2.24, 2.45) is 11.8 Å². The second kappa shape index (κ2) is 6.16. The molecule has 2 rings (SSSR count). The third kappa shape index (κ3) is 3.44. The Morgan fingerprint density at radius 3 is 2.71 bits per heavy atom. The largest absolute Gasteiger partial charge is 0.462 e. The molecule has 0 radical (unpaired) electrons. The van der Waals surface area contributed by atoms with Crippen molar-refractivity contribution in [3.8, 4) is 0 Å². The lowest BCUT2D eigenvalue weighted by Gasteiger charge is -2.38. The molecule has 0 aromatic carbocycles. The standard InChI is InChI=1S/C16H24O5/c1-4-5-12(17)6-7-14(18)20-13-8-11-9-16(3,10(13)2)21-15(11)19/h10-11,13H,4-9H2,1-3H3. The quantitative estimate of drug-likeness (QED) is 0.704. The summed E-state index contributed by atoms with van der Waals surface area (Å²) in [6.07, 6.45) is 2.61. The molecule has 1 saturated carbocycles. The van der Waals surface area contributed by atoms with E-state index in [0.717, 1.165) is 6.42 Å². The van der Waals surface area contributed by atoms with Crippen molar-refractivity contribution < 1.29 is 23.9 Å². The van der Waals surface area contributed by atoms with Crippen molar-refractivity contribution in [1.29, 1.82) is 0 Å². The van der Waals surface area contributed by atoms with Gasteiger partial charge in [-0.1, -0.05) is 13.8 Å². The predicted octanol–water partition coefficient (Wildman–Crippen LogP) is 2.41. The van der Waals surface area contributed by atoms with Crippen LogP contribution >= 0.6 is 0 Å². The van der Waals surface area contributed by atoms with E-state index >= 15 is 0 Å². The van der Waals surface area contributed by atoms with Gasteiger partial charge in [-0.2, -0.15) is 0 Å². The van der Waals surface area contributed by atoms with Crippen LogP contribution in [0.5, 0.6) is 0 Å². The SMILES string of the molecule is CCCC(=O)CCC(=O)OC1CC2CC(C)(OC2=O)C1C. The van der Waals surface area contributed by atoms with Gasteiger partial charge in [0.15, 0.2) is 0 Å². The molecule has 2 fully saturated rings. The first-order valence-corrected chi connectivity index (χ1v) is 7.79. The number of fused-ring (bicyclic) bond motifs is 2. The molecule has 0 spiro atoms. The van der Waals surface area contributed by atoms with E-state index < -0.39 is 5.60 Å². The summed E-state index contributed by atoms with van der Waals surface area (Å²) >= 11 is 0. The predicted molar refractivity (Wildman–Crippen MR) is 75.4 cm³/mol. The molecule has 0 aromatic rings. The van der Waals surface area contributed by atoms with E-state index in [4.69, 9.17) is 9.47 Å². The fourth-order valence-electron chi connectivity index (χ4n) is 3.29. The van der Waals surface area contributed by atoms with Gasteiger partial charge < -0.3 is 9.47 Å². The Morgan fingerprint density at radius 2 is 2.05 bits per heavy atom. The van der Waals surface area contributed by atoms with Gasteiger partial charge in [0.25, 0.3) is 0 Å². The van der Waals surface area contributed by atoms with Crippen LogP contribution in [0, 0.1) is 11.8 Å². The van der Waals surface area contributed by atoms with E-state index in [1.165, 1.54) is 0 Å². The number of hydrogen-bond acceptors (Lipinski definition) is 5. The monoisotopic (exact) mass is 296 g/mol. The van der Waals surface area contributed by atoms with Gasteiger partial charge in [-0.3, -0.25) is 14.4 Å². The highest BCUT2D eigenvalue weighted by molar-refractivity contribution is 5.83. The van der Waals surface area contributed by atoms with Gasteiger partial charge >= 0.3 is 11.9 Å². The fraction of sp³-hybridized carbons (Fsp3) is 0.812. The Bertz CT molecular complexity index is 444. The van der Waals surface area contributed by atoms with Crippen LogP contribution in [-0.4, -0.2) is 29.4 Å². The first-order valence-electron chi connectivity index (χ1n) is 7.79. The fourth-order valence-corrected chi connectivity index (χ4v) is 3.29. The Balaban J connectivity index is 1.87. The minimum absolute atomic E-state index is 0.0181. The number of ether oxygens (including phenoxy) is 2. The number of carbonyl (C=O) groups excluding carboxylic acids is 3. The lowest BCUT2D eigenvalue weighted by Crippen LogP contribution is -2.45. The molecule has 1 saturated heterocycles. The smallest absolute Gasteiger partial charge is 0.309 e. The highest BCUT2D eigenvalue weighted by Gasteiger charge is 2.55. The number of esters is 2. The Hall–Kier alpha value is -1.39. The van der Waals surface area contributed by atoms with Gasteiger partial charge in [-0.05, 0) is 19.8 Å². The summed E-state index contributed by atoms with van der Waals surface area (Å²) in [5.74, 6) is -0.618. The van der Waals surface area contributed by atoms with E-state index in [1.54, 1.807) is 0 Å². The zero-order chi connectivity index (χ0) is 15.6.